The minimum Gasteiger partial charge on any atom is -0.387 e. The van der Waals surface area contributed by atoms with Gasteiger partial charge >= 0.3 is 10.1 Å². The molecular weight excluding hydrogens is 322 g/mol. The lowest BCUT2D eigenvalue weighted by Crippen LogP contribution is -2.49. The Kier molecular flexibility index (Phi) is 4.01. The third-order valence-corrected chi connectivity index (χ3v) is 5.96. The predicted octanol–water partition coefficient (Wildman–Crippen LogP) is 2.40. The second kappa shape index (κ2) is 5.81. The summed E-state index contributed by atoms with van der Waals surface area (Å²) in [6.07, 6.45) is 5.08. The van der Waals surface area contributed by atoms with Crippen LogP contribution in [0.1, 0.15) is 12.0 Å². The molecule has 0 spiro atoms. The van der Waals surface area contributed by atoms with Crippen LogP contribution in [0.2, 0.25) is 0 Å². The van der Waals surface area contributed by atoms with Gasteiger partial charge in [-0.2, -0.15) is 8.42 Å². The Morgan fingerprint density at radius 2 is 2.05 bits per heavy atom. The quantitative estimate of drug-likeness (QED) is 0.480. The van der Waals surface area contributed by atoms with Gasteiger partial charge < -0.3 is 9.08 Å². The molecule has 0 radical (unpaired) electrons. The molecule has 1 amide bonds. The minimum atomic E-state index is -3.80. The number of carbonyl (C=O) groups excluding carboxylic acids is 1. The van der Waals surface area contributed by atoms with Crippen LogP contribution in [0.25, 0.3) is 0 Å². The Balaban J connectivity index is 1.66. The number of thioether (sulfide) groups is 1. The normalized spacial score (nSPS) is 21.3. The molecule has 1 unspecified atom stereocenters. The first kappa shape index (κ1) is 15.2. The molecule has 1 atom stereocenters. The predicted molar refractivity (Wildman–Crippen MR) is 84.4 cm³/mol. The average Bonchev–Trinajstić information content (AvgIpc) is 2.48. The van der Waals surface area contributed by atoms with Gasteiger partial charge in [-0.1, -0.05) is 17.7 Å². The number of aryl methyl sites for hydroxylation is 1. The minimum absolute atomic E-state index is 0.0938. The third-order valence-electron chi connectivity index (χ3n) is 3.47. The summed E-state index contributed by atoms with van der Waals surface area (Å²) in [6.45, 7) is 1.88. The molecule has 1 aromatic rings. The number of benzene rings is 1. The van der Waals surface area contributed by atoms with Crippen LogP contribution in [0.3, 0.4) is 0 Å². The highest BCUT2D eigenvalue weighted by Gasteiger charge is 2.37. The number of rotatable bonds is 4. The maximum atomic E-state index is 12.0. The number of hydrogen-bond donors (Lipinski definition) is 0. The van der Waals surface area contributed by atoms with Crippen molar-refractivity contribution in [3.8, 4) is 0 Å². The third kappa shape index (κ3) is 3.05. The zero-order chi connectivity index (χ0) is 15.7. The summed E-state index contributed by atoms with van der Waals surface area (Å²) >= 11 is 1.66. The molecule has 2 heterocycles. The summed E-state index contributed by atoms with van der Waals surface area (Å²) in [7, 11) is -3.80. The van der Waals surface area contributed by atoms with Gasteiger partial charge in [-0.25, -0.2) is 0 Å². The van der Waals surface area contributed by atoms with Crippen molar-refractivity contribution < 1.29 is 17.4 Å². The van der Waals surface area contributed by atoms with E-state index in [1.807, 2.05) is 6.92 Å². The first-order valence-corrected chi connectivity index (χ1v) is 9.21. The molecule has 5 nitrogen and oxygen atoms in total. The van der Waals surface area contributed by atoms with Gasteiger partial charge in [-0.3, -0.25) is 4.79 Å². The van der Waals surface area contributed by atoms with Crippen LogP contribution in [-0.2, 0) is 19.1 Å². The standard InChI is InChI=1S/C15H15NO4S2/c1-11-2-4-13(5-3-11)22(18,19)20-7-6-12-9-16-14(17)8-15(16)21-10-12/h2-7,9,15H,8,10H2,1H3. The Morgan fingerprint density at radius 1 is 1.32 bits per heavy atom. The highest BCUT2D eigenvalue weighted by Crippen LogP contribution is 2.35. The maximum absolute atomic E-state index is 12.0. The fraction of sp³-hybridized carbons (Fsp3) is 0.267. The number of hydrogen-bond acceptors (Lipinski definition) is 5. The van der Waals surface area contributed by atoms with Gasteiger partial charge in [0.2, 0.25) is 5.91 Å². The summed E-state index contributed by atoms with van der Waals surface area (Å²) in [4.78, 5) is 13.2. The monoisotopic (exact) mass is 337 g/mol. The van der Waals surface area contributed by atoms with Gasteiger partial charge in [-0.05, 0) is 30.7 Å². The van der Waals surface area contributed by atoms with Gasteiger partial charge in [-0.15, -0.1) is 11.8 Å². The van der Waals surface area contributed by atoms with Gasteiger partial charge in [0, 0.05) is 12.0 Å². The summed E-state index contributed by atoms with van der Waals surface area (Å²) in [6, 6.07) is 6.46. The van der Waals surface area contributed by atoms with Crippen molar-refractivity contribution in [3.05, 3.63) is 53.9 Å². The van der Waals surface area contributed by atoms with Gasteiger partial charge in [0.1, 0.15) is 11.2 Å². The number of amides is 1. The van der Waals surface area contributed by atoms with Crippen molar-refractivity contribution in [2.75, 3.05) is 5.75 Å². The second-order valence-electron chi connectivity index (χ2n) is 5.14. The fourth-order valence-corrected chi connectivity index (χ4v) is 4.08. The van der Waals surface area contributed by atoms with E-state index in [0.717, 1.165) is 23.2 Å². The zero-order valence-corrected chi connectivity index (χ0v) is 13.6. The van der Waals surface area contributed by atoms with Crippen molar-refractivity contribution in [1.29, 1.82) is 0 Å². The average molecular weight is 337 g/mol. The summed E-state index contributed by atoms with van der Waals surface area (Å²) in [5.41, 5.74) is 1.83. The van der Waals surface area contributed by atoms with E-state index in [4.69, 9.17) is 4.18 Å². The van der Waals surface area contributed by atoms with Crippen molar-refractivity contribution in [2.45, 2.75) is 23.6 Å². The number of allylic oxidation sites excluding steroid dienone is 1. The Labute approximate surface area is 133 Å². The first-order chi connectivity index (χ1) is 10.5. The molecule has 2 aliphatic rings. The number of carbonyl (C=O) groups is 1. The molecule has 1 aromatic carbocycles. The maximum Gasteiger partial charge on any atom is 0.338 e. The van der Waals surface area contributed by atoms with Crippen molar-refractivity contribution in [3.63, 3.8) is 0 Å². The van der Waals surface area contributed by atoms with Crippen LogP contribution in [0.15, 0.2) is 53.3 Å². The molecule has 0 aromatic heterocycles. The number of nitrogens with zero attached hydrogens (tertiary/aromatic N) is 1. The molecule has 0 saturated carbocycles. The molecule has 7 heteroatoms. The summed E-state index contributed by atoms with van der Waals surface area (Å²) in [5, 5.41) is 0.238. The second-order valence-corrected chi connectivity index (χ2v) is 7.88. The Hall–Kier alpha value is -1.73. The van der Waals surface area contributed by atoms with Crippen LogP contribution >= 0.6 is 11.8 Å². The molecular formula is C15H15NO4S2. The highest BCUT2D eigenvalue weighted by atomic mass is 32.2. The van der Waals surface area contributed by atoms with E-state index in [1.165, 1.54) is 12.1 Å². The van der Waals surface area contributed by atoms with E-state index in [0.29, 0.717) is 6.42 Å². The topological polar surface area (TPSA) is 63.7 Å². The van der Waals surface area contributed by atoms with Crippen LogP contribution in [0.4, 0.5) is 0 Å². The zero-order valence-electron chi connectivity index (χ0n) is 11.9. The van der Waals surface area contributed by atoms with E-state index >= 15 is 0 Å². The molecule has 0 aliphatic carbocycles. The smallest absolute Gasteiger partial charge is 0.338 e. The van der Waals surface area contributed by atoms with Crippen LogP contribution in [0, 0.1) is 6.92 Å². The van der Waals surface area contributed by atoms with Crippen molar-refractivity contribution in [1.82, 2.24) is 4.90 Å². The Morgan fingerprint density at radius 3 is 2.73 bits per heavy atom. The lowest BCUT2D eigenvalue weighted by molar-refractivity contribution is -0.137. The molecule has 1 fully saturated rings. The number of β-lactam (4-membered cyclic amide) rings is 1. The van der Waals surface area contributed by atoms with E-state index < -0.39 is 10.1 Å². The van der Waals surface area contributed by atoms with Crippen LogP contribution in [0.5, 0.6) is 0 Å². The first-order valence-electron chi connectivity index (χ1n) is 6.76. The lowest BCUT2D eigenvalue weighted by Gasteiger charge is -2.40. The van der Waals surface area contributed by atoms with Crippen LogP contribution in [-0.4, -0.2) is 30.4 Å². The largest absolute Gasteiger partial charge is 0.387 e. The molecule has 1 saturated heterocycles. The van der Waals surface area contributed by atoms with Gasteiger partial charge in [0.05, 0.1) is 11.8 Å². The van der Waals surface area contributed by atoms with E-state index in [9.17, 15) is 13.2 Å². The summed E-state index contributed by atoms with van der Waals surface area (Å²) in [5.74, 6) is 0.829. The van der Waals surface area contributed by atoms with Crippen molar-refractivity contribution >= 4 is 27.8 Å². The SMILES string of the molecule is Cc1ccc(S(=O)(=O)OC=CC2=CN3C(=O)CC3SC2)cc1. The molecule has 2 aliphatic heterocycles. The van der Waals surface area contributed by atoms with Gasteiger partial charge in [0.15, 0.2) is 0 Å². The molecule has 0 N–H and O–H groups in total. The molecule has 116 valence electrons. The lowest BCUT2D eigenvalue weighted by atomic mass is 10.2. The molecule has 0 bridgehead atoms. The Bertz CT molecular complexity index is 750. The van der Waals surface area contributed by atoms with E-state index in [1.54, 1.807) is 41.1 Å². The number of fused-ring (bicyclic) bond motifs is 1. The fourth-order valence-electron chi connectivity index (χ4n) is 2.14. The van der Waals surface area contributed by atoms with Crippen LogP contribution < -0.4 is 0 Å². The van der Waals surface area contributed by atoms with Crippen molar-refractivity contribution in [2.24, 2.45) is 0 Å². The van der Waals surface area contributed by atoms with E-state index in [2.05, 4.69) is 0 Å². The molecule has 22 heavy (non-hydrogen) atoms. The molecule has 3 rings (SSSR count). The van der Waals surface area contributed by atoms with Gasteiger partial charge in [0.25, 0.3) is 0 Å². The highest BCUT2D eigenvalue weighted by molar-refractivity contribution is 8.00. The van der Waals surface area contributed by atoms with E-state index in [-0.39, 0.29) is 16.2 Å². The summed E-state index contributed by atoms with van der Waals surface area (Å²) < 4.78 is 28.9.